The number of amides is 1. The van der Waals surface area contributed by atoms with Crippen molar-refractivity contribution in [2.45, 2.75) is 13.3 Å². The molecule has 0 spiro atoms. The maximum absolute atomic E-state index is 11.2. The van der Waals surface area contributed by atoms with Crippen LogP contribution < -0.4 is 11.1 Å². The highest BCUT2D eigenvalue weighted by Gasteiger charge is 2.04. The molecule has 1 aromatic carbocycles. The topological polar surface area (TPSA) is 55.1 Å². The van der Waals surface area contributed by atoms with Crippen molar-refractivity contribution in [2.24, 2.45) is 5.73 Å². The van der Waals surface area contributed by atoms with E-state index < -0.39 is 0 Å². The quantitative estimate of drug-likeness (QED) is 0.772. The van der Waals surface area contributed by atoms with E-state index in [4.69, 9.17) is 17.3 Å². The minimum absolute atomic E-state index is 0.0779. The predicted molar refractivity (Wildman–Crippen MR) is 66.3 cm³/mol. The number of hydrogen-bond donors (Lipinski definition) is 2. The summed E-state index contributed by atoms with van der Waals surface area (Å²) in [5.74, 6) is 5.54. The van der Waals surface area contributed by atoms with Crippen molar-refractivity contribution >= 4 is 23.2 Å². The molecule has 84 valence electrons. The number of nitrogens with one attached hydrogen (secondary N) is 1. The number of hydrogen-bond acceptors (Lipinski definition) is 2. The van der Waals surface area contributed by atoms with E-state index in [1.807, 2.05) is 0 Å². The third kappa shape index (κ3) is 3.58. The van der Waals surface area contributed by atoms with E-state index in [0.717, 1.165) is 5.56 Å². The third-order valence-corrected chi connectivity index (χ3v) is 2.23. The van der Waals surface area contributed by atoms with Crippen molar-refractivity contribution in [1.82, 2.24) is 0 Å². The molecule has 0 fully saturated rings. The maximum atomic E-state index is 11.2. The Morgan fingerprint density at radius 3 is 2.94 bits per heavy atom. The summed E-state index contributed by atoms with van der Waals surface area (Å²) in [5, 5.41) is 3.21. The summed E-state index contributed by atoms with van der Waals surface area (Å²) in [6, 6.07) is 5.22. The molecule has 16 heavy (non-hydrogen) atoms. The minimum atomic E-state index is -0.0779. The van der Waals surface area contributed by atoms with Gasteiger partial charge in [-0.15, -0.1) is 0 Å². The van der Waals surface area contributed by atoms with Crippen LogP contribution in [-0.4, -0.2) is 12.5 Å². The van der Waals surface area contributed by atoms with Crippen LogP contribution in [0.5, 0.6) is 0 Å². The Morgan fingerprint density at radius 1 is 1.56 bits per heavy atom. The molecule has 0 aliphatic carbocycles. The molecule has 1 rings (SSSR count). The lowest BCUT2D eigenvalue weighted by Gasteiger charge is -2.06. The van der Waals surface area contributed by atoms with Crippen molar-refractivity contribution in [3.05, 3.63) is 28.8 Å². The van der Waals surface area contributed by atoms with Crippen LogP contribution in [0, 0.1) is 11.8 Å². The molecule has 3 N–H and O–H groups in total. The molecule has 0 aliphatic rings. The SMILES string of the molecule is CCC(=O)Nc1cc(C#CCN)ccc1Cl. The summed E-state index contributed by atoms with van der Waals surface area (Å²) in [7, 11) is 0. The molecule has 3 nitrogen and oxygen atoms in total. The molecular formula is C12H13ClN2O. The number of rotatable bonds is 2. The van der Waals surface area contributed by atoms with E-state index in [0.29, 0.717) is 23.7 Å². The lowest BCUT2D eigenvalue weighted by Crippen LogP contribution is -2.09. The van der Waals surface area contributed by atoms with E-state index >= 15 is 0 Å². The predicted octanol–water partition coefficient (Wildman–Crippen LogP) is 2.00. The normalized spacial score (nSPS) is 9.19. The van der Waals surface area contributed by atoms with E-state index in [2.05, 4.69) is 17.2 Å². The number of halogens is 1. The van der Waals surface area contributed by atoms with Crippen LogP contribution in [0.1, 0.15) is 18.9 Å². The first-order chi connectivity index (χ1) is 7.67. The molecule has 0 saturated heterocycles. The van der Waals surface area contributed by atoms with Crippen LogP contribution in [0.4, 0.5) is 5.69 Å². The second kappa shape index (κ2) is 6.16. The van der Waals surface area contributed by atoms with Gasteiger partial charge in [-0.05, 0) is 18.2 Å². The Balaban J connectivity index is 2.94. The highest BCUT2D eigenvalue weighted by molar-refractivity contribution is 6.33. The molecule has 0 unspecified atom stereocenters. The van der Waals surface area contributed by atoms with Crippen molar-refractivity contribution in [1.29, 1.82) is 0 Å². The lowest BCUT2D eigenvalue weighted by molar-refractivity contribution is -0.115. The van der Waals surface area contributed by atoms with Gasteiger partial charge in [0, 0.05) is 12.0 Å². The molecule has 4 heteroatoms. The molecule has 0 heterocycles. The summed E-state index contributed by atoms with van der Waals surface area (Å²) >= 11 is 5.94. The van der Waals surface area contributed by atoms with Gasteiger partial charge < -0.3 is 11.1 Å². The molecule has 1 amide bonds. The Morgan fingerprint density at radius 2 is 2.31 bits per heavy atom. The summed E-state index contributed by atoms with van der Waals surface area (Å²) in [6.07, 6.45) is 0.412. The average molecular weight is 237 g/mol. The zero-order chi connectivity index (χ0) is 12.0. The Kier molecular flexibility index (Phi) is 4.84. The van der Waals surface area contributed by atoms with Gasteiger partial charge in [0.05, 0.1) is 17.3 Å². The minimum Gasteiger partial charge on any atom is -0.325 e. The van der Waals surface area contributed by atoms with Gasteiger partial charge in [-0.2, -0.15) is 0 Å². The van der Waals surface area contributed by atoms with Crippen LogP contribution in [0.3, 0.4) is 0 Å². The molecule has 0 aliphatic heterocycles. The monoisotopic (exact) mass is 236 g/mol. The first-order valence-corrected chi connectivity index (χ1v) is 5.33. The Hall–Kier alpha value is -1.50. The van der Waals surface area contributed by atoms with Gasteiger partial charge in [-0.3, -0.25) is 4.79 Å². The third-order valence-electron chi connectivity index (χ3n) is 1.90. The smallest absolute Gasteiger partial charge is 0.224 e. The number of anilines is 1. The fraction of sp³-hybridized carbons (Fsp3) is 0.250. The van der Waals surface area contributed by atoms with E-state index in [9.17, 15) is 4.79 Å². The van der Waals surface area contributed by atoms with Crippen LogP contribution in [-0.2, 0) is 4.79 Å². The molecule has 0 atom stereocenters. The second-order valence-corrected chi connectivity index (χ2v) is 3.51. The largest absolute Gasteiger partial charge is 0.325 e. The number of benzene rings is 1. The van der Waals surface area contributed by atoms with Gasteiger partial charge in [0.1, 0.15) is 0 Å². The fourth-order valence-corrected chi connectivity index (χ4v) is 1.26. The van der Waals surface area contributed by atoms with Crippen LogP contribution in [0.2, 0.25) is 5.02 Å². The van der Waals surface area contributed by atoms with Crippen LogP contribution in [0.25, 0.3) is 0 Å². The zero-order valence-electron chi connectivity index (χ0n) is 9.01. The summed E-state index contributed by atoms with van der Waals surface area (Å²) in [5.41, 5.74) is 6.64. The van der Waals surface area contributed by atoms with Gasteiger partial charge in [0.25, 0.3) is 0 Å². The summed E-state index contributed by atoms with van der Waals surface area (Å²) in [4.78, 5) is 11.2. The van der Waals surface area contributed by atoms with Crippen molar-refractivity contribution in [3.8, 4) is 11.8 Å². The van der Waals surface area contributed by atoms with Crippen molar-refractivity contribution in [2.75, 3.05) is 11.9 Å². The van der Waals surface area contributed by atoms with Gasteiger partial charge in [0.2, 0.25) is 5.91 Å². The average Bonchev–Trinajstić information content (AvgIpc) is 2.30. The van der Waals surface area contributed by atoms with Gasteiger partial charge in [0.15, 0.2) is 0 Å². The van der Waals surface area contributed by atoms with Gasteiger partial charge >= 0.3 is 0 Å². The Labute approximate surface area is 100.0 Å². The molecule has 0 radical (unpaired) electrons. The second-order valence-electron chi connectivity index (χ2n) is 3.10. The summed E-state index contributed by atoms with van der Waals surface area (Å²) < 4.78 is 0. The Bertz CT molecular complexity index is 446. The van der Waals surface area contributed by atoms with E-state index in [1.165, 1.54) is 0 Å². The van der Waals surface area contributed by atoms with Crippen molar-refractivity contribution < 1.29 is 4.79 Å². The lowest BCUT2D eigenvalue weighted by atomic mass is 10.2. The van der Waals surface area contributed by atoms with Gasteiger partial charge in [-0.1, -0.05) is 30.4 Å². The molecule has 0 saturated carbocycles. The van der Waals surface area contributed by atoms with E-state index in [1.54, 1.807) is 25.1 Å². The molecule has 0 bridgehead atoms. The number of carbonyl (C=O) groups is 1. The zero-order valence-corrected chi connectivity index (χ0v) is 9.77. The fourth-order valence-electron chi connectivity index (χ4n) is 1.09. The highest BCUT2D eigenvalue weighted by atomic mass is 35.5. The van der Waals surface area contributed by atoms with E-state index in [-0.39, 0.29) is 5.91 Å². The molecule has 0 aromatic heterocycles. The maximum Gasteiger partial charge on any atom is 0.224 e. The van der Waals surface area contributed by atoms with Gasteiger partial charge in [-0.25, -0.2) is 0 Å². The number of carbonyl (C=O) groups excluding carboxylic acids is 1. The van der Waals surface area contributed by atoms with Crippen LogP contribution >= 0.6 is 11.6 Å². The first-order valence-electron chi connectivity index (χ1n) is 4.95. The molecule has 1 aromatic rings. The number of nitrogens with two attached hydrogens (primary N) is 1. The molecular weight excluding hydrogens is 224 g/mol. The highest BCUT2D eigenvalue weighted by Crippen LogP contribution is 2.22. The van der Waals surface area contributed by atoms with Crippen molar-refractivity contribution in [3.63, 3.8) is 0 Å². The first kappa shape index (κ1) is 12.6. The summed E-state index contributed by atoms with van der Waals surface area (Å²) in [6.45, 7) is 2.08. The standard InChI is InChI=1S/C12H13ClN2O/c1-2-12(16)15-11-8-9(4-3-7-14)5-6-10(11)13/h5-6,8H,2,7,14H2,1H3,(H,15,16). The van der Waals surface area contributed by atoms with Crippen LogP contribution in [0.15, 0.2) is 18.2 Å².